The number of unbranched alkanes of at least 4 members (excludes halogenated alkanes) is 2. The van der Waals surface area contributed by atoms with E-state index in [0.717, 1.165) is 61.7 Å². The molecule has 2 aromatic heterocycles. The monoisotopic (exact) mass is 1220 g/mol. The van der Waals surface area contributed by atoms with Crippen molar-refractivity contribution in [2.24, 2.45) is 11.7 Å². The smallest absolute Gasteiger partial charge is 0.415 e. The number of aromatic amines is 1. The second-order valence-corrected chi connectivity index (χ2v) is 23.8. The number of carbonyl (C=O) groups excluding carboxylic acids is 9. The van der Waals surface area contributed by atoms with E-state index in [1.165, 1.54) is 41.8 Å². The number of ether oxygens (including phenoxy) is 3. The standard InChI is InChI=1S/C61H76ClN11O12S/c1-37(2)54(68-50(74)13-7-6-8-25-72-51(75)20-21-52(72)76)57(78)67-46(12-11-22-64-59(63)80)56(77)65-42-16-14-39(15-17-42)36-84-60(81)69(4)26-27-70(5)61(82)85-49-33-48-53(55-44(49)30-38(3)86-55)41(34-62)35-73(48)58(79)47-32-40-31-43(18-19-45(40)66-47)83-29-28-71-23-9-10-24-71/h14-21,30-33,37,41,46,54,66H,6-13,22-29,34-36H2,1-5H3,(H,65,77)(H,67,78)(H,68,74)(H3,63,64,80)/t41-,46+,54?/m1/s1. The van der Waals surface area contributed by atoms with Gasteiger partial charge < -0.3 is 60.9 Å². The summed E-state index contributed by atoms with van der Waals surface area (Å²) in [6, 6.07) is 15.0. The molecule has 1 unspecified atom stereocenters. The van der Waals surface area contributed by atoms with Gasteiger partial charge in [-0.1, -0.05) is 32.4 Å². The van der Waals surface area contributed by atoms with Crippen LogP contribution in [-0.4, -0.2) is 169 Å². The van der Waals surface area contributed by atoms with Crippen molar-refractivity contribution in [1.29, 1.82) is 0 Å². The Morgan fingerprint density at radius 1 is 0.849 bits per heavy atom. The number of primary amides is 1. The molecule has 7 N–H and O–H groups in total. The molecular formula is C61H76ClN11O12S. The number of anilines is 2. The Morgan fingerprint density at radius 3 is 2.27 bits per heavy atom. The van der Waals surface area contributed by atoms with Crippen LogP contribution in [0.1, 0.15) is 97.6 Å². The molecule has 0 aliphatic carbocycles. The first kappa shape index (κ1) is 63.8. The van der Waals surface area contributed by atoms with Gasteiger partial charge in [0.2, 0.25) is 17.7 Å². The number of hydrogen-bond acceptors (Lipinski definition) is 14. The summed E-state index contributed by atoms with van der Waals surface area (Å²) >= 11 is 8.14. The number of urea groups is 1. The molecular weight excluding hydrogens is 1150 g/mol. The Hall–Kier alpha value is -8.22. The summed E-state index contributed by atoms with van der Waals surface area (Å²) in [7, 11) is 3.10. The number of fused-ring (bicyclic) bond motifs is 4. The molecule has 3 aliphatic heterocycles. The van der Waals surface area contributed by atoms with Crippen LogP contribution in [0.5, 0.6) is 11.5 Å². The number of nitrogens with zero attached hydrogens (tertiary/aromatic N) is 5. The van der Waals surface area contributed by atoms with Gasteiger partial charge in [0.1, 0.15) is 42.5 Å². The number of benzene rings is 3. The number of halogens is 1. The molecule has 5 aromatic rings. The average Bonchev–Trinajstić information content (AvgIpc) is 1.69. The number of amides is 10. The SMILES string of the molecule is Cc1cc2c(OC(=O)N(C)CCN(C)C(=O)OCc3ccc(NC(=O)[C@H](CCCNC(N)=O)NC(=O)C(NC(=O)CCCCCN4C(=O)C=CC4=O)C(C)C)cc3)cc3c(c2s1)[C@H](CCl)CN3C(=O)c1cc2cc(OCCN3CCCC3)ccc2[nH]1. The van der Waals surface area contributed by atoms with E-state index in [4.69, 9.17) is 31.5 Å². The van der Waals surface area contributed by atoms with Gasteiger partial charge in [0.25, 0.3) is 17.7 Å². The molecule has 23 nitrogen and oxygen atoms in total. The van der Waals surface area contributed by atoms with Crippen molar-refractivity contribution in [2.45, 2.75) is 96.7 Å². The van der Waals surface area contributed by atoms with Gasteiger partial charge in [-0.25, -0.2) is 14.4 Å². The first-order valence-corrected chi connectivity index (χ1v) is 30.4. The third-order valence-electron chi connectivity index (χ3n) is 15.4. The van der Waals surface area contributed by atoms with Crippen molar-refractivity contribution in [3.05, 3.63) is 94.5 Å². The minimum atomic E-state index is -1.08. The first-order chi connectivity index (χ1) is 41.3. The van der Waals surface area contributed by atoms with E-state index in [9.17, 15) is 43.2 Å². The van der Waals surface area contributed by atoms with Crippen LogP contribution in [0.15, 0.2) is 72.8 Å². The number of thiophene rings is 1. The Bertz CT molecular complexity index is 3320. The van der Waals surface area contributed by atoms with Crippen molar-refractivity contribution in [2.75, 3.05) is 89.2 Å². The quantitative estimate of drug-likeness (QED) is 0.0163. The van der Waals surface area contributed by atoms with E-state index in [0.29, 0.717) is 55.0 Å². The van der Waals surface area contributed by atoms with Gasteiger partial charge in [0.15, 0.2) is 0 Å². The zero-order chi connectivity index (χ0) is 61.6. The lowest BCUT2D eigenvalue weighted by molar-refractivity contribution is -0.137. The highest BCUT2D eigenvalue weighted by Gasteiger charge is 2.37. The number of aromatic nitrogens is 1. The Morgan fingerprint density at radius 2 is 1.57 bits per heavy atom. The van der Waals surface area contributed by atoms with Crippen LogP contribution in [-0.2, 0) is 35.3 Å². The van der Waals surface area contributed by atoms with E-state index in [-0.39, 0.29) is 99.1 Å². The molecule has 0 radical (unpaired) electrons. The number of nitrogens with one attached hydrogen (secondary N) is 5. The molecule has 0 saturated carbocycles. The van der Waals surface area contributed by atoms with Gasteiger partial charge in [-0.3, -0.25) is 38.6 Å². The molecule has 0 spiro atoms. The van der Waals surface area contributed by atoms with Crippen LogP contribution in [0.3, 0.4) is 0 Å². The number of likely N-dealkylation sites (tertiary alicyclic amines) is 1. The molecule has 0 bridgehead atoms. The van der Waals surface area contributed by atoms with Crippen molar-refractivity contribution >= 4 is 109 Å². The van der Waals surface area contributed by atoms with Crippen molar-refractivity contribution in [1.82, 2.24) is 40.5 Å². The fraction of sp³-hybridized carbons (Fsp3) is 0.459. The van der Waals surface area contributed by atoms with Crippen LogP contribution in [0, 0.1) is 12.8 Å². The topological polar surface area (TPSA) is 287 Å². The fourth-order valence-corrected chi connectivity index (χ4v) is 11.9. The summed E-state index contributed by atoms with van der Waals surface area (Å²) in [5.74, 6) is -1.71. The second kappa shape index (κ2) is 29.7. The average molecular weight is 1220 g/mol. The van der Waals surface area contributed by atoms with Gasteiger partial charge in [0, 0.05) is 127 Å². The number of carbonyl (C=O) groups is 9. The minimum Gasteiger partial charge on any atom is -0.492 e. The van der Waals surface area contributed by atoms with E-state index in [2.05, 4.69) is 31.2 Å². The van der Waals surface area contributed by atoms with Crippen LogP contribution < -0.4 is 41.4 Å². The van der Waals surface area contributed by atoms with Crippen molar-refractivity contribution in [3.8, 4) is 11.5 Å². The number of aryl methyl sites for hydroxylation is 1. The van der Waals surface area contributed by atoms with E-state index in [1.807, 2.05) is 37.3 Å². The maximum Gasteiger partial charge on any atom is 0.415 e. The molecule has 5 heterocycles. The summed E-state index contributed by atoms with van der Waals surface area (Å²) < 4.78 is 18.6. The summed E-state index contributed by atoms with van der Waals surface area (Å²) in [5.41, 5.74) is 8.94. The van der Waals surface area contributed by atoms with Gasteiger partial charge in [-0.05, 0) is 112 Å². The van der Waals surface area contributed by atoms with Gasteiger partial charge in [-0.2, -0.15) is 0 Å². The van der Waals surface area contributed by atoms with Crippen LogP contribution >= 0.6 is 22.9 Å². The maximum absolute atomic E-state index is 14.4. The zero-order valence-electron chi connectivity index (χ0n) is 49.2. The molecule has 86 heavy (non-hydrogen) atoms. The van der Waals surface area contributed by atoms with Crippen LogP contribution in [0.4, 0.5) is 25.8 Å². The summed E-state index contributed by atoms with van der Waals surface area (Å²) in [6.07, 6.45) is 5.60. The van der Waals surface area contributed by atoms with Gasteiger partial charge in [-0.15, -0.1) is 22.9 Å². The summed E-state index contributed by atoms with van der Waals surface area (Å²) in [6.45, 7) is 9.91. The Labute approximate surface area is 508 Å². The zero-order valence-corrected chi connectivity index (χ0v) is 50.7. The lowest BCUT2D eigenvalue weighted by atomic mass is 10.0. The van der Waals surface area contributed by atoms with E-state index in [1.54, 1.807) is 67.5 Å². The highest BCUT2D eigenvalue weighted by atomic mass is 35.5. The van der Waals surface area contributed by atoms with E-state index >= 15 is 0 Å². The number of rotatable bonds is 28. The lowest BCUT2D eigenvalue weighted by Crippen LogP contribution is -2.54. The van der Waals surface area contributed by atoms with Crippen LogP contribution in [0.25, 0.3) is 21.0 Å². The Balaban J connectivity index is 0.811. The summed E-state index contributed by atoms with van der Waals surface area (Å²) in [4.78, 5) is 129. The number of nitrogens with two attached hydrogens (primary N) is 1. The molecule has 3 aliphatic rings. The van der Waals surface area contributed by atoms with Gasteiger partial charge in [0.05, 0.1) is 5.69 Å². The first-order valence-electron chi connectivity index (χ1n) is 29.1. The summed E-state index contributed by atoms with van der Waals surface area (Å²) in [5, 5.41) is 12.4. The maximum atomic E-state index is 14.4. The number of likely N-dealkylation sites (N-methyl/N-ethyl adjacent to an activating group) is 2. The van der Waals surface area contributed by atoms with Crippen LogP contribution in [0.2, 0.25) is 0 Å². The molecule has 1 saturated heterocycles. The van der Waals surface area contributed by atoms with Crippen molar-refractivity contribution < 1.29 is 57.4 Å². The molecule has 3 aromatic carbocycles. The molecule has 460 valence electrons. The molecule has 1 fully saturated rings. The lowest BCUT2D eigenvalue weighted by Gasteiger charge is -2.25. The fourth-order valence-electron chi connectivity index (χ4n) is 10.5. The highest BCUT2D eigenvalue weighted by Crippen LogP contribution is 2.49. The third kappa shape index (κ3) is 16.6. The molecule has 3 atom stereocenters. The minimum absolute atomic E-state index is 0.0879. The van der Waals surface area contributed by atoms with E-state index < -0.39 is 42.1 Å². The van der Waals surface area contributed by atoms with Gasteiger partial charge >= 0.3 is 18.2 Å². The normalized spacial score (nSPS) is 15.5. The predicted octanol–water partition coefficient (Wildman–Crippen LogP) is 7.35. The third-order valence-corrected chi connectivity index (χ3v) is 16.8. The largest absolute Gasteiger partial charge is 0.492 e. The number of alkyl halides is 1. The molecule has 8 rings (SSSR count). The van der Waals surface area contributed by atoms with Crippen molar-refractivity contribution in [3.63, 3.8) is 0 Å². The molecule has 25 heteroatoms. The number of H-pyrrole nitrogens is 1. The Kier molecular flexibility index (Phi) is 22.1. The number of imide groups is 1. The highest BCUT2D eigenvalue weighted by molar-refractivity contribution is 7.19. The predicted molar refractivity (Wildman–Crippen MR) is 328 cm³/mol. The number of hydrogen-bond donors (Lipinski definition) is 6. The molecule has 10 amide bonds. The second-order valence-electron chi connectivity index (χ2n) is 22.2.